The van der Waals surface area contributed by atoms with Crippen LogP contribution in [0.2, 0.25) is 0 Å². The smallest absolute Gasteiger partial charge is 0.337 e. The second-order valence-corrected chi connectivity index (χ2v) is 5.82. The maximum Gasteiger partial charge on any atom is 0.337 e. The topological polar surface area (TPSA) is 66.9 Å². The number of carbonyl (C=O) groups excluding carboxylic acids is 1. The molecule has 0 bridgehead atoms. The number of halogens is 2. The van der Waals surface area contributed by atoms with Gasteiger partial charge in [-0.3, -0.25) is 0 Å². The molecule has 26 heavy (non-hydrogen) atoms. The molecule has 0 radical (unpaired) electrons. The first-order valence-corrected chi connectivity index (χ1v) is 8.21. The van der Waals surface area contributed by atoms with Crippen molar-refractivity contribution < 1.29 is 28.1 Å². The van der Waals surface area contributed by atoms with Crippen LogP contribution in [0.25, 0.3) is 11.9 Å². The molecule has 6 nitrogen and oxygen atoms in total. The van der Waals surface area contributed by atoms with Gasteiger partial charge in [-0.2, -0.15) is 0 Å². The standard InChI is InChI=1S/C18H17BrFNO5/c1-23-10-26-16-8-11(18(22)25-3)4-5-12(16)14(20)9-15-13(19)6-7-17(21-15)24-2/h4-9H,10H2,1-3H3/b14-9-. The Hall–Kier alpha value is -2.45. The van der Waals surface area contributed by atoms with Crippen LogP contribution in [-0.2, 0) is 9.47 Å². The van der Waals surface area contributed by atoms with E-state index >= 15 is 0 Å². The Balaban J connectivity index is 2.46. The first kappa shape index (κ1) is 19.9. The number of benzene rings is 1. The van der Waals surface area contributed by atoms with Gasteiger partial charge in [0.05, 0.1) is 31.0 Å². The van der Waals surface area contributed by atoms with Gasteiger partial charge in [0.1, 0.15) is 11.6 Å². The maximum absolute atomic E-state index is 14.9. The monoisotopic (exact) mass is 425 g/mol. The van der Waals surface area contributed by atoms with Crippen molar-refractivity contribution in [1.82, 2.24) is 4.98 Å². The second-order valence-electron chi connectivity index (χ2n) is 4.97. The zero-order valence-electron chi connectivity index (χ0n) is 14.4. The third-order valence-corrected chi connectivity index (χ3v) is 3.98. The van der Waals surface area contributed by atoms with Crippen LogP contribution < -0.4 is 9.47 Å². The van der Waals surface area contributed by atoms with Crippen LogP contribution in [0.4, 0.5) is 4.39 Å². The van der Waals surface area contributed by atoms with Crippen LogP contribution in [0.1, 0.15) is 21.6 Å². The lowest BCUT2D eigenvalue weighted by atomic mass is 10.1. The van der Waals surface area contributed by atoms with Crippen molar-refractivity contribution in [3.63, 3.8) is 0 Å². The first-order valence-electron chi connectivity index (χ1n) is 7.42. The molecule has 0 aliphatic heterocycles. The summed E-state index contributed by atoms with van der Waals surface area (Å²) in [5, 5.41) is 0. The number of esters is 1. The summed E-state index contributed by atoms with van der Waals surface area (Å²) in [6.45, 7) is -0.105. The zero-order valence-corrected chi connectivity index (χ0v) is 16.0. The Morgan fingerprint density at radius 2 is 2.00 bits per heavy atom. The van der Waals surface area contributed by atoms with Gasteiger partial charge in [-0.15, -0.1) is 0 Å². The highest BCUT2D eigenvalue weighted by Gasteiger charge is 2.15. The molecular formula is C18H17BrFNO5. The summed E-state index contributed by atoms with van der Waals surface area (Å²) in [4.78, 5) is 15.9. The van der Waals surface area contributed by atoms with Crippen molar-refractivity contribution in [2.24, 2.45) is 0 Å². The lowest BCUT2D eigenvalue weighted by Gasteiger charge is -2.11. The van der Waals surface area contributed by atoms with Gasteiger partial charge >= 0.3 is 5.97 Å². The van der Waals surface area contributed by atoms with Crippen LogP contribution in [0, 0.1) is 0 Å². The molecule has 8 heteroatoms. The first-order chi connectivity index (χ1) is 12.5. The number of hydrogen-bond donors (Lipinski definition) is 0. The Morgan fingerprint density at radius 1 is 1.23 bits per heavy atom. The Kier molecular flexibility index (Phi) is 7.11. The molecule has 0 amide bonds. The summed E-state index contributed by atoms with van der Waals surface area (Å²) in [6, 6.07) is 7.62. The van der Waals surface area contributed by atoms with Crippen LogP contribution in [0.15, 0.2) is 34.8 Å². The maximum atomic E-state index is 14.9. The quantitative estimate of drug-likeness (QED) is 0.491. The molecule has 1 aromatic heterocycles. The molecule has 2 rings (SSSR count). The summed E-state index contributed by atoms with van der Waals surface area (Å²) in [7, 11) is 4.17. The molecular weight excluding hydrogens is 409 g/mol. The molecule has 0 N–H and O–H groups in total. The van der Waals surface area contributed by atoms with Gasteiger partial charge in [-0.1, -0.05) is 0 Å². The van der Waals surface area contributed by atoms with Crippen molar-refractivity contribution in [2.75, 3.05) is 28.1 Å². The summed E-state index contributed by atoms with van der Waals surface area (Å²) < 4.78 is 35.4. The lowest BCUT2D eigenvalue weighted by Crippen LogP contribution is -2.05. The second kappa shape index (κ2) is 9.30. The fraction of sp³-hybridized carbons (Fsp3) is 0.222. The minimum absolute atomic E-state index is 0.105. The fourth-order valence-electron chi connectivity index (χ4n) is 2.06. The van der Waals surface area contributed by atoms with Crippen molar-refractivity contribution in [2.45, 2.75) is 0 Å². The predicted octanol–water partition coefficient (Wildman–Crippen LogP) is 4.09. The van der Waals surface area contributed by atoms with Crippen molar-refractivity contribution in [3.05, 3.63) is 51.6 Å². The highest BCUT2D eigenvalue weighted by molar-refractivity contribution is 9.10. The number of nitrogens with zero attached hydrogens (tertiary/aromatic N) is 1. The highest BCUT2D eigenvalue weighted by Crippen LogP contribution is 2.31. The highest BCUT2D eigenvalue weighted by atomic mass is 79.9. The van der Waals surface area contributed by atoms with E-state index in [1.54, 1.807) is 12.1 Å². The third-order valence-electron chi connectivity index (χ3n) is 3.31. The minimum atomic E-state index is -0.603. The molecule has 0 spiro atoms. The van der Waals surface area contributed by atoms with E-state index in [4.69, 9.17) is 14.2 Å². The van der Waals surface area contributed by atoms with E-state index in [0.717, 1.165) is 0 Å². The van der Waals surface area contributed by atoms with E-state index in [1.165, 1.54) is 45.6 Å². The molecule has 2 aromatic rings. The number of pyridine rings is 1. The van der Waals surface area contributed by atoms with Gasteiger partial charge in [0, 0.05) is 23.7 Å². The van der Waals surface area contributed by atoms with E-state index in [-0.39, 0.29) is 23.7 Å². The van der Waals surface area contributed by atoms with Gasteiger partial charge in [-0.25, -0.2) is 14.2 Å². The molecule has 0 unspecified atom stereocenters. The number of hydrogen-bond acceptors (Lipinski definition) is 6. The summed E-state index contributed by atoms with van der Waals surface area (Å²) >= 11 is 3.32. The van der Waals surface area contributed by atoms with Gasteiger partial charge in [0.2, 0.25) is 5.88 Å². The summed E-state index contributed by atoms with van der Waals surface area (Å²) in [5.74, 6) is -0.666. The van der Waals surface area contributed by atoms with E-state index in [1.807, 2.05) is 0 Å². The molecule has 0 aliphatic carbocycles. The Morgan fingerprint density at radius 3 is 2.65 bits per heavy atom. The van der Waals surface area contributed by atoms with Gasteiger partial charge in [0.25, 0.3) is 0 Å². The molecule has 138 valence electrons. The van der Waals surface area contributed by atoms with Gasteiger partial charge < -0.3 is 18.9 Å². The average Bonchev–Trinajstić information content (AvgIpc) is 2.67. The van der Waals surface area contributed by atoms with Crippen LogP contribution in [0.5, 0.6) is 11.6 Å². The van der Waals surface area contributed by atoms with Crippen LogP contribution in [-0.4, -0.2) is 39.1 Å². The van der Waals surface area contributed by atoms with Crippen LogP contribution >= 0.6 is 15.9 Å². The minimum Gasteiger partial charge on any atom is -0.481 e. The van der Waals surface area contributed by atoms with Crippen molar-refractivity contribution in [3.8, 4) is 11.6 Å². The molecule has 0 saturated carbocycles. The molecule has 1 aromatic carbocycles. The van der Waals surface area contributed by atoms with E-state index in [2.05, 4.69) is 25.7 Å². The number of aromatic nitrogens is 1. The van der Waals surface area contributed by atoms with Gasteiger partial charge in [0.15, 0.2) is 6.79 Å². The molecule has 0 atom stereocenters. The van der Waals surface area contributed by atoms with E-state index in [0.29, 0.717) is 16.0 Å². The normalized spacial score (nSPS) is 11.2. The van der Waals surface area contributed by atoms with Gasteiger partial charge in [-0.05, 0) is 40.2 Å². The number of ether oxygens (including phenoxy) is 4. The number of methoxy groups -OCH3 is 3. The molecule has 1 heterocycles. The Labute approximate surface area is 158 Å². The third kappa shape index (κ3) is 4.80. The molecule has 0 aliphatic rings. The summed E-state index contributed by atoms with van der Waals surface area (Å²) in [6.07, 6.45) is 1.24. The SMILES string of the molecule is COCOc1cc(C(=O)OC)ccc1/C(F)=C/c1nc(OC)ccc1Br. The number of rotatable bonds is 7. The summed E-state index contributed by atoms with van der Waals surface area (Å²) in [5.41, 5.74) is 0.721. The lowest BCUT2D eigenvalue weighted by molar-refractivity contribution is 0.0501. The zero-order chi connectivity index (χ0) is 19.1. The average molecular weight is 426 g/mol. The Bertz CT molecular complexity index is 825. The molecule has 0 fully saturated rings. The van der Waals surface area contributed by atoms with E-state index < -0.39 is 11.8 Å². The van der Waals surface area contributed by atoms with Crippen molar-refractivity contribution >= 4 is 33.8 Å². The largest absolute Gasteiger partial charge is 0.481 e. The van der Waals surface area contributed by atoms with Crippen molar-refractivity contribution in [1.29, 1.82) is 0 Å². The van der Waals surface area contributed by atoms with Crippen LogP contribution in [0.3, 0.4) is 0 Å². The number of carbonyl (C=O) groups is 1. The predicted molar refractivity (Wildman–Crippen MR) is 97.8 cm³/mol. The van der Waals surface area contributed by atoms with E-state index in [9.17, 15) is 9.18 Å². The fourth-order valence-corrected chi connectivity index (χ4v) is 2.39. The molecule has 0 saturated heterocycles.